The number of hydrogen-bond acceptors (Lipinski definition) is 0. The maximum absolute atomic E-state index is 3.69. The van der Waals surface area contributed by atoms with E-state index in [1.54, 1.807) is 11.1 Å². The normalized spacial score (nSPS) is 28.8. The summed E-state index contributed by atoms with van der Waals surface area (Å²) < 4.78 is 1.14. The van der Waals surface area contributed by atoms with Crippen molar-refractivity contribution in [3.8, 4) is 22.3 Å². The van der Waals surface area contributed by atoms with Crippen molar-refractivity contribution < 1.29 is 0 Å². The van der Waals surface area contributed by atoms with Gasteiger partial charge in [-0.1, -0.05) is 88.7 Å². The van der Waals surface area contributed by atoms with Gasteiger partial charge in [-0.2, -0.15) is 0 Å². The molecule has 180 valence electrons. The minimum Gasteiger partial charge on any atom is -0.0616 e. The van der Waals surface area contributed by atoms with Gasteiger partial charge in [0.1, 0.15) is 0 Å². The maximum atomic E-state index is 3.69. The highest BCUT2D eigenvalue weighted by Gasteiger charge is 2.62. The van der Waals surface area contributed by atoms with Gasteiger partial charge in [0.05, 0.1) is 0 Å². The fraction of sp³-hybridized carbons (Fsp3) is 0.278. The summed E-state index contributed by atoms with van der Waals surface area (Å²) in [5.74, 6) is 3.46. The molecule has 4 saturated carbocycles. The van der Waals surface area contributed by atoms with Crippen LogP contribution >= 0.6 is 15.9 Å². The number of rotatable bonds is 1. The molecule has 0 atom stereocenters. The van der Waals surface area contributed by atoms with Crippen molar-refractivity contribution >= 4 is 37.5 Å². The minimum absolute atomic E-state index is 0.175. The molecule has 0 aliphatic heterocycles. The van der Waals surface area contributed by atoms with E-state index >= 15 is 0 Å². The quantitative estimate of drug-likeness (QED) is 0.198. The van der Waals surface area contributed by atoms with Crippen molar-refractivity contribution in [3.63, 3.8) is 0 Å². The van der Waals surface area contributed by atoms with Gasteiger partial charge in [0, 0.05) is 9.89 Å². The topological polar surface area (TPSA) is 0 Å². The molecule has 37 heavy (non-hydrogen) atoms. The molecule has 0 aromatic heterocycles. The average molecular weight is 542 g/mol. The van der Waals surface area contributed by atoms with Gasteiger partial charge in [-0.25, -0.2) is 0 Å². The summed E-state index contributed by atoms with van der Waals surface area (Å²) in [5.41, 5.74) is 9.25. The lowest BCUT2D eigenvalue weighted by atomic mass is 9.43. The molecule has 5 aliphatic rings. The van der Waals surface area contributed by atoms with Crippen LogP contribution in [0.25, 0.3) is 43.8 Å². The lowest BCUT2D eigenvalue weighted by Gasteiger charge is -2.61. The van der Waals surface area contributed by atoms with E-state index in [2.05, 4.69) is 107 Å². The second-order valence-corrected chi connectivity index (χ2v) is 13.2. The third kappa shape index (κ3) is 2.69. The first kappa shape index (κ1) is 21.1. The lowest BCUT2D eigenvalue weighted by molar-refractivity contribution is -0.0393. The van der Waals surface area contributed by atoms with E-state index in [-0.39, 0.29) is 5.41 Å². The van der Waals surface area contributed by atoms with E-state index in [9.17, 15) is 0 Å². The highest BCUT2D eigenvalue weighted by Crippen LogP contribution is 2.70. The van der Waals surface area contributed by atoms with Crippen molar-refractivity contribution in [1.29, 1.82) is 0 Å². The van der Waals surface area contributed by atoms with Crippen molar-refractivity contribution in [3.05, 3.63) is 107 Å². The van der Waals surface area contributed by atoms with Gasteiger partial charge in [-0.15, -0.1) is 0 Å². The molecule has 4 fully saturated rings. The van der Waals surface area contributed by atoms with E-state index in [1.165, 1.54) is 75.9 Å². The highest BCUT2D eigenvalue weighted by molar-refractivity contribution is 9.10. The molecule has 0 heterocycles. The first-order valence-corrected chi connectivity index (χ1v) is 14.8. The molecular formula is C36H29Br. The van der Waals surface area contributed by atoms with Gasteiger partial charge >= 0.3 is 0 Å². The van der Waals surface area contributed by atoms with Crippen LogP contribution in [0.1, 0.15) is 43.2 Å². The third-order valence-electron chi connectivity index (χ3n) is 10.7. The molecule has 0 N–H and O–H groups in total. The Bertz CT molecular complexity index is 1730. The standard InChI is InChI=1S/C36H29Br/c37-29-12-10-23-8-9-25(19-26(23)20-29)30-6-3-7-33-34(30)32-13-11-24-4-1-2-5-31(24)35(32)36(33)27-15-21-14-22(17-27)18-28(36)16-21/h1-13,19-22,27-28H,14-18H2. The molecule has 5 aliphatic carbocycles. The fourth-order valence-electron chi connectivity index (χ4n) is 9.65. The van der Waals surface area contributed by atoms with Crippen LogP contribution in [0.3, 0.4) is 0 Å². The summed E-state index contributed by atoms with van der Waals surface area (Å²) in [6.45, 7) is 0. The van der Waals surface area contributed by atoms with Gasteiger partial charge in [-0.3, -0.25) is 0 Å². The maximum Gasteiger partial charge on any atom is 0.0278 e. The molecule has 1 spiro atoms. The van der Waals surface area contributed by atoms with E-state index in [0.717, 1.165) is 28.1 Å². The van der Waals surface area contributed by atoms with Crippen LogP contribution < -0.4 is 0 Å². The Morgan fingerprint density at radius 1 is 0.595 bits per heavy atom. The second kappa shape index (κ2) is 7.35. The van der Waals surface area contributed by atoms with Crippen LogP contribution in [0, 0.1) is 23.7 Å². The Kier molecular flexibility index (Phi) is 4.19. The number of benzene rings is 5. The van der Waals surface area contributed by atoms with E-state index < -0.39 is 0 Å². The van der Waals surface area contributed by atoms with Gasteiger partial charge in [0.15, 0.2) is 0 Å². The minimum atomic E-state index is 0.175. The van der Waals surface area contributed by atoms with Gasteiger partial charge in [0.25, 0.3) is 0 Å². The fourth-order valence-corrected chi connectivity index (χ4v) is 10.0. The smallest absolute Gasteiger partial charge is 0.0278 e. The van der Waals surface area contributed by atoms with E-state index in [1.807, 2.05) is 0 Å². The summed E-state index contributed by atoms with van der Waals surface area (Å²) >= 11 is 3.69. The molecule has 0 radical (unpaired) electrons. The van der Waals surface area contributed by atoms with Crippen LogP contribution in [0.2, 0.25) is 0 Å². The summed E-state index contributed by atoms with van der Waals surface area (Å²) in [6, 6.07) is 35.0. The van der Waals surface area contributed by atoms with Crippen LogP contribution in [0.15, 0.2) is 95.5 Å². The molecule has 5 aromatic rings. The van der Waals surface area contributed by atoms with Crippen molar-refractivity contribution in [1.82, 2.24) is 0 Å². The summed E-state index contributed by atoms with van der Waals surface area (Å²) in [5, 5.41) is 5.49. The van der Waals surface area contributed by atoms with E-state index in [4.69, 9.17) is 0 Å². The SMILES string of the molecule is Brc1ccc2ccc(-c3cccc4c3-c3ccc5ccccc5c3C43C4CC5CC(C4)CC3C5)cc2c1. The zero-order valence-electron chi connectivity index (χ0n) is 20.9. The summed E-state index contributed by atoms with van der Waals surface area (Å²) in [7, 11) is 0. The van der Waals surface area contributed by atoms with Gasteiger partial charge in [-0.05, 0) is 129 Å². The predicted octanol–water partition coefficient (Wildman–Crippen LogP) is 10.1. The molecule has 5 aromatic carbocycles. The zero-order valence-corrected chi connectivity index (χ0v) is 22.5. The summed E-state index contributed by atoms with van der Waals surface area (Å²) in [4.78, 5) is 0. The Balaban J connectivity index is 1.38. The average Bonchev–Trinajstić information content (AvgIpc) is 3.22. The van der Waals surface area contributed by atoms with Crippen molar-refractivity contribution in [2.75, 3.05) is 0 Å². The van der Waals surface area contributed by atoms with Gasteiger partial charge < -0.3 is 0 Å². The Hall–Kier alpha value is -2.90. The van der Waals surface area contributed by atoms with Crippen LogP contribution in [-0.4, -0.2) is 0 Å². The number of halogens is 1. The van der Waals surface area contributed by atoms with Gasteiger partial charge in [0.2, 0.25) is 0 Å². The third-order valence-corrected chi connectivity index (χ3v) is 11.2. The molecule has 0 saturated heterocycles. The molecule has 0 unspecified atom stereocenters. The molecule has 1 heteroatoms. The molecule has 0 nitrogen and oxygen atoms in total. The van der Waals surface area contributed by atoms with Crippen LogP contribution in [0.4, 0.5) is 0 Å². The number of fused-ring (bicyclic) bond motifs is 6. The Labute approximate surface area is 226 Å². The first-order chi connectivity index (χ1) is 18.2. The second-order valence-electron chi connectivity index (χ2n) is 12.3. The largest absolute Gasteiger partial charge is 0.0616 e. The van der Waals surface area contributed by atoms with Crippen molar-refractivity contribution in [2.24, 2.45) is 23.7 Å². The highest BCUT2D eigenvalue weighted by atomic mass is 79.9. The Morgan fingerprint density at radius 3 is 2.19 bits per heavy atom. The van der Waals surface area contributed by atoms with Crippen LogP contribution in [-0.2, 0) is 5.41 Å². The first-order valence-electron chi connectivity index (χ1n) is 14.1. The predicted molar refractivity (Wildman–Crippen MR) is 158 cm³/mol. The molecule has 10 rings (SSSR count). The zero-order chi connectivity index (χ0) is 24.3. The monoisotopic (exact) mass is 540 g/mol. The number of hydrogen-bond donors (Lipinski definition) is 0. The Morgan fingerprint density at radius 2 is 1.35 bits per heavy atom. The van der Waals surface area contributed by atoms with Crippen molar-refractivity contribution in [2.45, 2.75) is 37.5 Å². The van der Waals surface area contributed by atoms with Crippen LogP contribution in [0.5, 0.6) is 0 Å². The lowest BCUT2D eigenvalue weighted by Crippen LogP contribution is -2.55. The molecule has 4 bridgehead atoms. The van der Waals surface area contributed by atoms with E-state index in [0.29, 0.717) is 0 Å². The molecule has 0 amide bonds. The molecular weight excluding hydrogens is 512 g/mol. The summed E-state index contributed by atoms with van der Waals surface area (Å²) in [6.07, 6.45) is 7.17.